The summed E-state index contributed by atoms with van der Waals surface area (Å²) < 4.78 is 26.3. The number of nitrogens with zero attached hydrogens (tertiary/aromatic N) is 1. The fraction of sp³-hybridized carbons (Fsp3) is 1.00. The van der Waals surface area contributed by atoms with Crippen LogP contribution in [-0.4, -0.2) is 44.7 Å². The third-order valence-corrected chi connectivity index (χ3v) is 6.27. The minimum Gasteiger partial charge on any atom is -0.317 e. The number of nitrogens with one attached hydrogen (secondary N) is 1. The highest BCUT2D eigenvalue weighted by molar-refractivity contribution is 7.89. The first kappa shape index (κ1) is 17.9. The third-order valence-electron chi connectivity index (χ3n) is 4.29. The highest BCUT2D eigenvalue weighted by Gasteiger charge is 2.29. The van der Waals surface area contributed by atoms with Crippen molar-refractivity contribution in [2.45, 2.75) is 64.8 Å². The monoisotopic (exact) mass is 304 g/mol. The summed E-state index contributed by atoms with van der Waals surface area (Å²) in [5.74, 6) is 0.951. The largest absolute Gasteiger partial charge is 0.317 e. The molecule has 0 aromatic rings. The third kappa shape index (κ3) is 6.10. The predicted molar refractivity (Wildman–Crippen MR) is 85.4 cm³/mol. The van der Waals surface area contributed by atoms with E-state index < -0.39 is 10.0 Å². The van der Waals surface area contributed by atoms with Crippen molar-refractivity contribution in [1.82, 2.24) is 9.62 Å². The number of hydrogen-bond acceptors (Lipinski definition) is 3. The number of hydrogen-bond donors (Lipinski definition) is 1. The second-order valence-electron chi connectivity index (χ2n) is 6.21. The van der Waals surface area contributed by atoms with E-state index in [9.17, 15) is 8.42 Å². The smallest absolute Gasteiger partial charge is 0.214 e. The zero-order valence-corrected chi connectivity index (χ0v) is 14.2. The molecule has 2 unspecified atom stereocenters. The molecular weight excluding hydrogens is 272 g/mol. The van der Waals surface area contributed by atoms with E-state index in [0.717, 1.165) is 51.6 Å². The van der Waals surface area contributed by atoms with Crippen molar-refractivity contribution in [2.75, 3.05) is 25.9 Å². The van der Waals surface area contributed by atoms with Crippen molar-refractivity contribution >= 4 is 10.0 Å². The van der Waals surface area contributed by atoms with Gasteiger partial charge in [-0.3, -0.25) is 0 Å². The molecule has 1 rings (SSSR count). The molecular formula is C15H32N2O2S. The first-order chi connectivity index (χ1) is 9.47. The Morgan fingerprint density at radius 1 is 1.20 bits per heavy atom. The van der Waals surface area contributed by atoms with Gasteiger partial charge in [-0.05, 0) is 51.1 Å². The lowest BCUT2D eigenvalue weighted by Crippen LogP contribution is -2.41. The SMILES string of the molecule is CCCNCCCCS(=O)(=O)N(C)C1CCCC(C)C1. The second kappa shape index (κ2) is 9.00. The molecule has 0 aromatic heterocycles. The molecule has 1 saturated carbocycles. The molecule has 4 nitrogen and oxygen atoms in total. The van der Waals surface area contributed by atoms with Crippen LogP contribution in [0.25, 0.3) is 0 Å². The maximum Gasteiger partial charge on any atom is 0.214 e. The fourth-order valence-electron chi connectivity index (χ4n) is 2.94. The molecule has 0 aromatic carbocycles. The van der Waals surface area contributed by atoms with Crippen LogP contribution in [0.5, 0.6) is 0 Å². The highest BCUT2D eigenvalue weighted by atomic mass is 32.2. The summed E-state index contributed by atoms with van der Waals surface area (Å²) in [4.78, 5) is 0. The van der Waals surface area contributed by atoms with Gasteiger partial charge in [-0.2, -0.15) is 0 Å². The standard InChI is InChI=1S/C15H32N2O2S/c1-4-10-16-11-5-6-12-20(18,19)17(3)15-9-7-8-14(2)13-15/h14-16H,4-13H2,1-3H3. The van der Waals surface area contributed by atoms with E-state index in [1.54, 1.807) is 11.4 Å². The molecule has 1 aliphatic carbocycles. The van der Waals surface area contributed by atoms with E-state index >= 15 is 0 Å². The van der Waals surface area contributed by atoms with Crippen LogP contribution in [0, 0.1) is 5.92 Å². The van der Waals surface area contributed by atoms with Crippen LogP contribution in [0.15, 0.2) is 0 Å². The number of sulfonamides is 1. The van der Waals surface area contributed by atoms with E-state index in [-0.39, 0.29) is 6.04 Å². The second-order valence-corrected chi connectivity index (χ2v) is 8.36. The van der Waals surface area contributed by atoms with E-state index in [4.69, 9.17) is 0 Å². The molecule has 1 N–H and O–H groups in total. The van der Waals surface area contributed by atoms with E-state index in [1.807, 2.05) is 0 Å². The molecule has 0 radical (unpaired) electrons. The van der Waals surface area contributed by atoms with Crippen molar-refractivity contribution in [1.29, 1.82) is 0 Å². The number of rotatable bonds is 9. The van der Waals surface area contributed by atoms with Gasteiger partial charge in [-0.25, -0.2) is 12.7 Å². The van der Waals surface area contributed by atoms with Gasteiger partial charge in [0.15, 0.2) is 0 Å². The van der Waals surface area contributed by atoms with E-state index in [2.05, 4.69) is 19.2 Å². The molecule has 2 atom stereocenters. The molecule has 0 bridgehead atoms. The Hall–Kier alpha value is -0.130. The van der Waals surface area contributed by atoms with Crippen molar-refractivity contribution in [2.24, 2.45) is 5.92 Å². The van der Waals surface area contributed by atoms with Gasteiger partial charge < -0.3 is 5.32 Å². The minimum atomic E-state index is -3.07. The Morgan fingerprint density at radius 3 is 2.60 bits per heavy atom. The maximum atomic E-state index is 12.3. The Labute approximate surface area is 125 Å². The lowest BCUT2D eigenvalue weighted by molar-refractivity contribution is 0.239. The van der Waals surface area contributed by atoms with Crippen LogP contribution in [0.2, 0.25) is 0 Å². The van der Waals surface area contributed by atoms with Gasteiger partial charge in [0.1, 0.15) is 0 Å². The van der Waals surface area contributed by atoms with Crippen molar-refractivity contribution in [3.63, 3.8) is 0 Å². The van der Waals surface area contributed by atoms with Gasteiger partial charge in [0.25, 0.3) is 0 Å². The Bertz CT molecular complexity index is 357. The molecule has 120 valence electrons. The maximum absolute atomic E-state index is 12.3. The van der Waals surface area contributed by atoms with Crippen molar-refractivity contribution in [3.05, 3.63) is 0 Å². The lowest BCUT2D eigenvalue weighted by Gasteiger charge is -2.33. The zero-order valence-electron chi connectivity index (χ0n) is 13.4. The van der Waals surface area contributed by atoms with E-state index in [1.165, 1.54) is 6.42 Å². The Kier molecular flexibility index (Phi) is 8.07. The van der Waals surface area contributed by atoms with Crippen LogP contribution < -0.4 is 5.32 Å². The highest BCUT2D eigenvalue weighted by Crippen LogP contribution is 2.28. The lowest BCUT2D eigenvalue weighted by atomic mass is 9.87. The van der Waals surface area contributed by atoms with Crippen LogP contribution >= 0.6 is 0 Å². The quantitative estimate of drug-likeness (QED) is 0.666. The Morgan fingerprint density at radius 2 is 1.95 bits per heavy atom. The molecule has 0 heterocycles. The fourth-order valence-corrected chi connectivity index (χ4v) is 4.44. The summed E-state index contributed by atoms with van der Waals surface area (Å²) in [6.07, 6.45) is 7.27. The van der Waals surface area contributed by atoms with Crippen molar-refractivity contribution in [3.8, 4) is 0 Å². The first-order valence-corrected chi connectivity index (χ1v) is 9.74. The summed E-state index contributed by atoms with van der Waals surface area (Å²) in [5, 5.41) is 3.31. The van der Waals surface area contributed by atoms with Crippen molar-refractivity contribution < 1.29 is 8.42 Å². The predicted octanol–water partition coefficient (Wildman–Crippen LogP) is 2.61. The van der Waals surface area contributed by atoms with Crippen LogP contribution in [0.1, 0.15) is 58.8 Å². The summed E-state index contributed by atoms with van der Waals surface area (Å²) in [6, 6.07) is 0.224. The molecule has 0 amide bonds. The van der Waals surface area contributed by atoms with Gasteiger partial charge in [0.2, 0.25) is 10.0 Å². The van der Waals surface area contributed by atoms with Gasteiger partial charge in [-0.15, -0.1) is 0 Å². The van der Waals surface area contributed by atoms with Gasteiger partial charge in [0, 0.05) is 13.1 Å². The van der Waals surface area contributed by atoms with Gasteiger partial charge >= 0.3 is 0 Å². The first-order valence-electron chi connectivity index (χ1n) is 8.13. The molecule has 0 saturated heterocycles. The molecule has 5 heteroatoms. The normalized spacial score (nSPS) is 24.2. The molecule has 1 aliphatic rings. The summed E-state index contributed by atoms with van der Waals surface area (Å²) in [5.41, 5.74) is 0. The molecule has 0 aliphatic heterocycles. The Balaban J connectivity index is 2.31. The van der Waals surface area contributed by atoms with Crippen LogP contribution in [-0.2, 0) is 10.0 Å². The average molecular weight is 305 g/mol. The van der Waals surface area contributed by atoms with E-state index in [0.29, 0.717) is 11.7 Å². The van der Waals surface area contributed by atoms with Crippen LogP contribution in [0.3, 0.4) is 0 Å². The van der Waals surface area contributed by atoms with Gasteiger partial charge in [0.05, 0.1) is 5.75 Å². The summed E-state index contributed by atoms with van der Waals surface area (Å²) in [6.45, 7) is 6.31. The minimum absolute atomic E-state index is 0.224. The molecule has 20 heavy (non-hydrogen) atoms. The van der Waals surface area contributed by atoms with Crippen LogP contribution in [0.4, 0.5) is 0 Å². The summed E-state index contributed by atoms with van der Waals surface area (Å²) in [7, 11) is -1.30. The topological polar surface area (TPSA) is 49.4 Å². The molecule has 1 fully saturated rings. The number of unbranched alkanes of at least 4 members (excludes halogenated alkanes) is 1. The van der Waals surface area contributed by atoms with Gasteiger partial charge in [-0.1, -0.05) is 26.7 Å². The molecule has 0 spiro atoms. The zero-order chi connectivity index (χ0) is 15.0. The average Bonchev–Trinajstić information content (AvgIpc) is 2.42. The summed E-state index contributed by atoms with van der Waals surface area (Å²) >= 11 is 0.